The zero-order chi connectivity index (χ0) is 14.7. The van der Waals surface area contributed by atoms with Crippen LogP contribution in [0.25, 0.3) is 0 Å². The number of hydrogen-bond donors (Lipinski definition) is 1. The van der Waals surface area contributed by atoms with E-state index in [9.17, 15) is 4.79 Å². The minimum Gasteiger partial charge on any atom is -0.341 e. The zero-order valence-corrected chi connectivity index (χ0v) is 13.0. The van der Waals surface area contributed by atoms with Gasteiger partial charge in [0.2, 0.25) is 5.91 Å². The second-order valence-electron chi connectivity index (χ2n) is 6.61. The predicted molar refractivity (Wildman–Crippen MR) is 85.3 cm³/mol. The number of fused-ring (bicyclic) bond motifs is 2. The molecule has 3 nitrogen and oxygen atoms in total. The van der Waals surface area contributed by atoms with Crippen molar-refractivity contribution in [3.63, 3.8) is 0 Å². The number of aryl methyl sites for hydroxylation is 2. The Morgan fingerprint density at radius 1 is 1.19 bits per heavy atom. The van der Waals surface area contributed by atoms with E-state index >= 15 is 0 Å². The van der Waals surface area contributed by atoms with Crippen molar-refractivity contribution in [2.75, 3.05) is 13.1 Å². The topological polar surface area (TPSA) is 32.3 Å². The van der Waals surface area contributed by atoms with Gasteiger partial charge in [0.1, 0.15) is 0 Å². The van der Waals surface area contributed by atoms with E-state index in [0.717, 1.165) is 32.4 Å². The fourth-order valence-corrected chi connectivity index (χ4v) is 3.53. The van der Waals surface area contributed by atoms with Gasteiger partial charge >= 0.3 is 0 Å². The van der Waals surface area contributed by atoms with Gasteiger partial charge in [-0.2, -0.15) is 0 Å². The van der Waals surface area contributed by atoms with Gasteiger partial charge in [-0.25, -0.2) is 0 Å². The normalized spacial score (nSPS) is 24.9. The van der Waals surface area contributed by atoms with Gasteiger partial charge in [0.25, 0.3) is 0 Å². The number of rotatable bonds is 4. The molecule has 0 saturated carbocycles. The minimum atomic E-state index is 0.344. The van der Waals surface area contributed by atoms with Crippen LogP contribution in [0.4, 0.5) is 0 Å². The third-order valence-corrected chi connectivity index (χ3v) is 4.85. The lowest BCUT2D eigenvalue weighted by molar-refractivity contribution is -0.131. The van der Waals surface area contributed by atoms with Crippen LogP contribution in [0.15, 0.2) is 24.3 Å². The number of likely N-dealkylation sites (tertiary alicyclic amines) is 1. The Bertz CT molecular complexity index is 482. The molecule has 0 aliphatic carbocycles. The van der Waals surface area contributed by atoms with Crippen molar-refractivity contribution in [3.05, 3.63) is 35.4 Å². The van der Waals surface area contributed by atoms with Crippen molar-refractivity contribution in [2.45, 2.75) is 57.5 Å². The third-order valence-electron chi connectivity index (χ3n) is 4.85. The van der Waals surface area contributed by atoms with Crippen LogP contribution in [0.3, 0.4) is 0 Å². The number of carbonyl (C=O) groups is 1. The summed E-state index contributed by atoms with van der Waals surface area (Å²) in [5, 5.41) is 3.63. The maximum absolute atomic E-state index is 12.4. The van der Waals surface area contributed by atoms with Crippen molar-refractivity contribution >= 4 is 5.91 Å². The van der Waals surface area contributed by atoms with Crippen LogP contribution in [0, 0.1) is 6.92 Å². The summed E-state index contributed by atoms with van der Waals surface area (Å²) in [4.78, 5) is 14.5. The van der Waals surface area contributed by atoms with Gasteiger partial charge in [0.15, 0.2) is 0 Å². The summed E-state index contributed by atoms with van der Waals surface area (Å²) in [6.45, 7) is 3.96. The monoisotopic (exact) mass is 286 g/mol. The molecule has 3 heteroatoms. The van der Waals surface area contributed by atoms with Crippen LogP contribution < -0.4 is 5.32 Å². The Morgan fingerprint density at radius 3 is 2.76 bits per heavy atom. The molecular weight excluding hydrogens is 260 g/mol. The number of amides is 1. The lowest BCUT2D eigenvalue weighted by Gasteiger charge is -2.24. The summed E-state index contributed by atoms with van der Waals surface area (Å²) in [6, 6.07) is 9.84. The lowest BCUT2D eigenvalue weighted by atomic mass is 10.1. The first-order valence-corrected chi connectivity index (χ1v) is 8.30. The van der Waals surface area contributed by atoms with Crippen LogP contribution in [-0.2, 0) is 11.2 Å². The third kappa shape index (κ3) is 3.85. The first-order chi connectivity index (χ1) is 10.2. The Hall–Kier alpha value is -1.35. The number of nitrogens with one attached hydrogen (secondary N) is 1. The summed E-state index contributed by atoms with van der Waals surface area (Å²) in [5.41, 5.74) is 2.63. The molecule has 1 N–H and O–H groups in total. The van der Waals surface area contributed by atoms with Gasteiger partial charge < -0.3 is 10.2 Å². The van der Waals surface area contributed by atoms with Crippen LogP contribution >= 0.6 is 0 Å². The molecule has 1 aromatic rings. The standard InChI is InChI=1S/C18H26N2O/c1-14-5-7-15(8-6-14)3-2-4-18(21)20-12-11-16-9-10-17(13-20)19-16/h5-8,16-17,19H,2-4,9-13H2,1H3. The van der Waals surface area contributed by atoms with Gasteiger partial charge in [-0.05, 0) is 44.6 Å². The Morgan fingerprint density at radius 2 is 1.95 bits per heavy atom. The number of benzene rings is 1. The summed E-state index contributed by atoms with van der Waals surface area (Å²) in [5.74, 6) is 0.344. The predicted octanol–water partition coefficient (Wildman–Crippen LogP) is 2.67. The molecule has 2 bridgehead atoms. The lowest BCUT2D eigenvalue weighted by Crippen LogP contribution is -2.38. The molecule has 21 heavy (non-hydrogen) atoms. The zero-order valence-electron chi connectivity index (χ0n) is 13.0. The van der Waals surface area contributed by atoms with Crippen LogP contribution in [0.1, 0.15) is 43.2 Å². The molecule has 2 atom stereocenters. The minimum absolute atomic E-state index is 0.344. The fraction of sp³-hybridized carbons (Fsp3) is 0.611. The van der Waals surface area contributed by atoms with Crippen molar-refractivity contribution < 1.29 is 4.79 Å². The number of carbonyl (C=O) groups excluding carboxylic acids is 1. The van der Waals surface area contributed by atoms with Gasteiger partial charge in [0, 0.05) is 31.6 Å². The summed E-state index contributed by atoms with van der Waals surface area (Å²) < 4.78 is 0. The van der Waals surface area contributed by atoms with E-state index in [2.05, 4.69) is 41.4 Å². The Balaban J connectivity index is 1.44. The maximum atomic E-state index is 12.4. The van der Waals surface area contributed by atoms with Crippen LogP contribution in [0.5, 0.6) is 0 Å². The highest BCUT2D eigenvalue weighted by molar-refractivity contribution is 5.76. The second kappa shape index (κ2) is 6.61. The molecule has 114 valence electrons. The fourth-order valence-electron chi connectivity index (χ4n) is 3.53. The molecular formula is C18H26N2O. The molecule has 1 aromatic carbocycles. The van der Waals surface area contributed by atoms with Crippen molar-refractivity contribution in [1.82, 2.24) is 10.2 Å². The van der Waals surface area contributed by atoms with E-state index < -0.39 is 0 Å². The van der Waals surface area contributed by atoms with Crippen LogP contribution in [-0.4, -0.2) is 36.0 Å². The van der Waals surface area contributed by atoms with Crippen LogP contribution in [0.2, 0.25) is 0 Å². The van der Waals surface area contributed by atoms with Gasteiger partial charge in [-0.1, -0.05) is 29.8 Å². The molecule has 3 rings (SSSR count). The molecule has 0 aromatic heterocycles. The number of hydrogen-bond acceptors (Lipinski definition) is 2. The largest absolute Gasteiger partial charge is 0.341 e. The Labute approximate surface area is 127 Å². The highest BCUT2D eigenvalue weighted by Crippen LogP contribution is 2.21. The molecule has 1 amide bonds. The van der Waals surface area contributed by atoms with E-state index in [1.165, 1.54) is 24.0 Å². The van der Waals surface area contributed by atoms with E-state index in [1.54, 1.807) is 0 Å². The molecule has 2 saturated heterocycles. The summed E-state index contributed by atoms with van der Waals surface area (Å²) >= 11 is 0. The maximum Gasteiger partial charge on any atom is 0.222 e. The van der Waals surface area contributed by atoms with E-state index in [4.69, 9.17) is 0 Å². The molecule has 2 aliphatic heterocycles. The van der Waals surface area contributed by atoms with E-state index in [0.29, 0.717) is 24.4 Å². The molecule has 2 aliphatic rings. The van der Waals surface area contributed by atoms with Gasteiger partial charge in [0.05, 0.1) is 0 Å². The van der Waals surface area contributed by atoms with Gasteiger partial charge in [-0.3, -0.25) is 4.79 Å². The molecule has 2 heterocycles. The first kappa shape index (κ1) is 14.6. The molecule has 0 radical (unpaired) electrons. The van der Waals surface area contributed by atoms with E-state index in [-0.39, 0.29) is 0 Å². The van der Waals surface area contributed by atoms with Crippen molar-refractivity contribution in [1.29, 1.82) is 0 Å². The average Bonchev–Trinajstić information content (AvgIpc) is 2.80. The van der Waals surface area contributed by atoms with Crippen molar-refractivity contribution in [3.8, 4) is 0 Å². The molecule has 2 unspecified atom stereocenters. The average molecular weight is 286 g/mol. The summed E-state index contributed by atoms with van der Waals surface area (Å²) in [7, 11) is 0. The smallest absolute Gasteiger partial charge is 0.222 e. The second-order valence-corrected chi connectivity index (χ2v) is 6.61. The first-order valence-electron chi connectivity index (χ1n) is 8.30. The molecule has 0 spiro atoms. The highest BCUT2D eigenvalue weighted by Gasteiger charge is 2.30. The quantitative estimate of drug-likeness (QED) is 0.923. The van der Waals surface area contributed by atoms with Gasteiger partial charge in [-0.15, -0.1) is 0 Å². The summed E-state index contributed by atoms with van der Waals surface area (Å²) in [6.07, 6.45) is 6.30. The van der Waals surface area contributed by atoms with E-state index in [1.807, 2.05) is 0 Å². The Kier molecular flexibility index (Phi) is 4.59. The SMILES string of the molecule is Cc1ccc(CCCC(=O)N2CCC3CCC(C2)N3)cc1. The highest BCUT2D eigenvalue weighted by atomic mass is 16.2. The number of nitrogens with zero attached hydrogens (tertiary/aromatic N) is 1. The van der Waals surface area contributed by atoms with Crippen molar-refractivity contribution in [2.24, 2.45) is 0 Å². The molecule has 2 fully saturated rings.